The maximum Gasteiger partial charge on any atom is 0.250 e. The molecule has 2 atom stereocenters. The summed E-state index contributed by atoms with van der Waals surface area (Å²) in [6, 6.07) is 12.2. The average Bonchev–Trinajstić information content (AvgIpc) is 3.14. The van der Waals surface area contributed by atoms with Gasteiger partial charge in [0.05, 0.1) is 17.9 Å². The van der Waals surface area contributed by atoms with Crippen molar-refractivity contribution < 1.29 is 9.18 Å². The quantitative estimate of drug-likeness (QED) is 0.544. The molecule has 4 heterocycles. The van der Waals surface area contributed by atoms with Crippen LogP contribution in [0.1, 0.15) is 43.2 Å². The summed E-state index contributed by atoms with van der Waals surface area (Å²) in [5.41, 5.74) is 4.49. The molecule has 2 aliphatic heterocycles. The van der Waals surface area contributed by atoms with Gasteiger partial charge in [-0.2, -0.15) is 0 Å². The van der Waals surface area contributed by atoms with Gasteiger partial charge in [0.15, 0.2) is 0 Å². The minimum atomic E-state index is -0.260. The number of fused-ring (bicyclic) bond motifs is 1. The van der Waals surface area contributed by atoms with Crippen LogP contribution in [0.25, 0.3) is 0 Å². The third-order valence-electron chi connectivity index (χ3n) is 7.64. The molecule has 200 valence electrons. The molecule has 0 saturated carbocycles. The third kappa shape index (κ3) is 5.56. The topological polar surface area (TPSA) is 70.5 Å². The minimum Gasteiger partial charge on any atom is -0.314 e. The summed E-state index contributed by atoms with van der Waals surface area (Å²) in [6.45, 7) is 11.1. The van der Waals surface area contributed by atoms with Crippen LogP contribution in [-0.2, 0) is 23.2 Å². The van der Waals surface area contributed by atoms with Gasteiger partial charge in [0, 0.05) is 62.1 Å². The Kier molecular flexibility index (Phi) is 7.20. The van der Waals surface area contributed by atoms with Crippen molar-refractivity contribution >= 4 is 11.6 Å². The van der Waals surface area contributed by atoms with E-state index in [4.69, 9.17) is 4.98 Å². The summed E-state index contributed by atoms with van der Waals surface area (Å²) in [5.74, 6) is -0.222. The highest BCUT2D eigenvalue weighted by Crippen LogP contribution is 2.39. The zero-order valence-corrected chi connectivity index (χ0v) is 22.6. The Hall–Kier alpha value is -3.36. The van der Waals surface area contributed by atoms with Crippen LogP contribution in [0.5, 0.6) is 0 Å². The van der Waals surface area contributed by atoms with E-state index in [0.717, 1.165) is 34.6 Å². The van der Waals surface area contributed by atoms with Gasteiger partial charge in [-0.05, 0) is 55.2 Å². The highest BCUT2D eigenvalue weighted by atomic mass is 19.1. The van der Waals surface area contributed by atoms with E-state index in [1.54, 1.807) is 22.8 Å². The minimum absolute atomic E-state index is 0.0210. The number of aryl methyl sites for hydroxylation is 1. The lowest BCUT2D eigenvalue weighted by molar-refractivity contribution is -0.120. The Morgan fingerprint density at radius 3 is 2.68 bits per heavy atom. The number of amides is 1. The Labute approximate surface area is 223 Å². The van der Waals surface area contributed by atoms with E-state index >= 15 is 0 Å². The lowest BCUT2D eigenvalue weighted by atomic mass is 9.91. The molecule has 1 saturated heterocycles. The number of benzene rings is 1. The molecule has 0 spiro atoms. The maximum atomic E-state index is 13.8. The monoisotopic (exact) mass is 517 g/mol. The van der Waals surface area contributed by atoms with Gasteiger partial charge in [0.1, 0.15) is 5.82 Å². The van der Waals surface area contributed by atoms with Crippen molar-refractivity contribution in [1.82, 2.24) is 19.8 Å². The molecule has 1 amide bonds. The van der Waals surface area contributed by atoms with Crippen molar-refractivity contribution in [2.24, 2.45) is 0 Å². The van der Waals surface area contributed by atoms with Gasteiger partial charge in [-0.1, -0.05) is 32.0 Å². The SMILES string of the molecule is Cc1ccc(=O)n(C[C@H]2CN[C@H](C)CN2CC(=O)N2CC(C)(C)c3ncc(Cc4ccc(F)cc4)cc32)c1. The molecular formula is C30H36FN5O2. The lowest BCUT2D eigenvalue weighted by Crippen LogP contribution is -2.59. The number of rotatable bonds is 6. The summed E-state index contributed by atoms with van der Waals surface area (Å²) in [7, 11) is 0. The van der Waals surface area contributed by atoms with Crippen LogP contribution in [0.4, 0.5) is 10.1 Å². The number of nitrogens with zero attached hydrogens (tertiary/aromatic N) is 4. The van der Waals surface area contributed by atoms with Crippen molar-refractivity contribution in [2.75, 3.05) is 31.1 Å². The lowest BCUT2D eigenvalue weighted by Gasteiger charge is -2.39. The molecule has 0 bridgehead atoms. The number of carbonyl (C=O) groups excluding carboxylic acids is 1. The number of hydrogen-bond acceptors (Lipinski definition) is 5. The number of hydrogen-bond donors (Lipinski definition) is 1. The average molecular weight is 518 g/mol. The Balaban J connectivity index is 1.36. The van der Waals surface area contributed by atoms with E-state index in [1.807, 2.05) is 30.3 Å². The fraction of sp³-hybridized carbons (Fsp3) is 0.433. The molecular weight excluding hydrogens is 481 g/mol. The van der Waals surface area contributed by atoms with Crippen LogP contribution in [0.2, 0.25) is 0 Å². The fourth-order valence-corrected chi connectivity index (χ4v) is 5.62. The first-order valence-corrected chi connectivity index (χ1v) is 13.3. The predicted octanol–water partition coefficient (Wildman–Crippen LogP) is 3.27. The zero-order valence-electron chi connectivity index (χ0n) is 22.6. The van der Waals surface area contributed by atoms with Gasteiger partial charge >= 0.3 is 0 Å². The molecule has 0 radical (unpaired) electrons. The number of halogens is 1. The normalized spacial score (nSPS) is 20.9. The van der Waals surface area contributed by atoms with Crippen LogP contribution < -0.4 is 15.8 Å². The molecule has 3 aromatic rings. The van der Waals surface area contributed by atoms with E-state index in [-0.39, 0.29) is 41.3 Å². The Bertz CT molecular complexity index is 1380. The van der Waals surface area contributed by atoms with Crippen LogP contribution in [0.15, 0.2) is 59.7 Å². The summed E-state index contributed by atoms with van der Waals surface area (Å²) < 4.78 is 15.1. The van der Waals surface area contributed by atoms with E-state index in [1.165, 1.54) is 12.1 Å². The second-order valence-corrected chi connectivity index (χ2v) is 11.5. The van der Waals surface area contributed by atoms with Gasteiger partial charge in [-0.25, -0.2) is 4.39 Å². The molecule has 0 aliphatic carbocycles. The number of piperazine rings is 1. The van der Waals surface area contributed by atoms with Crippen molar-refractivity contribution in [3.8, 4) is 0 Å². The van der Waals surface area contributed by atoms with E-state index < -0.39 is 0 Å². The maximum absolute atomic E-state index is 13.8. The molecule has 2 aromatic heterocycles. The standard InChI is InChI=1S/C30H36FN5O2/c1-20-5-10-27(37)35(15-20)17-25-14-32-21(2)16-34(25)18-28(38)36-19-30(3,4)29-26(36)12-23(13-33-29)11-22-6-8-24(31)9-7-22/h5-10,12-13,15,21,25,32H,11,14,16-19H2,1-4H3/t21-,25-/m1/s1. The first-order valence-electron chi connectivity index (χ1n) is 13.3. The van der Waals surface area contributed by atoms with Crippen molar-refractivity contribution in [3.05, 3.63) is 93.4 Å². The molecule has 38 heavy (non-hydrogen) atoms. The van der Waals surface area contributed by atoms with Gasteiger partial charge < -0.3 is 14.8 Å². The molecule has 1 aromatic carbocycles. The molecule has 2 aliphatic rings. The highest BCUT2D eigenvalue weighted by Gasteiger charge is 2.40. The second kappa shape index (κ2) is 10.4. The molecule has 8 heteroatoms. The summed E-state index contributed by atoms with van der Waals surface area (Å²) in [5, 5.41) is 3.51. The first kappa shape index (κ1) is 26.3. The number of carbonyl (C=O) groups is 1. The summed E-state index contributed by atoms with van der Waals surface area (Å²) in [6.07, 6.45) is 4.37. The van der Waals surface area contributed by atoms with Crippen molar-refractivity contribution in [1.29, 1.82) is 0 Å². The Morgan fingerprint density at radius 2 is 1.92 bits per heavy atom. The highest BCUT2D eigenvalue weighted by molar-refractivity contribution is 5.97. The van der Waals surface area contributed by atoms with Crippen LogP contribution in [-0.4, -0.2) is 58.6 Å². The molecule has 7 nitrogen and oxygen atoms in total. The van der Waals surface area contributed by atoms with Crippen LogP contribution >= 0.6 is 0 Å². The number of anilines is 1. The Morgan fingerprint density at radius 1 is 1.16 bits per heavy atom. The van der Waals surface area contributed by atoms with Gasteiger partial charge in [0.2, 0.25) is 5.91 Å². The molecule has 5 rings (SSSR count). The van der Waals surface area contributed by atoms with Crippen molar-refractivity contribution in [3.63, 3.8) is 0 Å². The number of aromatic nitrogens is 2. The van der Waals surface area contributed by atoms with Gasteiger partial charge in [-0.3, -0.25) is 19.5 Å². The fourth-order valence-electron chi connectivity index (χ4n) is 5.62. The molecule has 0 unspecified atom stereocenters. The summed E-state index contributed by atoms with van der Waals surface area (Å²) >= 11 is 0. The number of nitrogens with one attached hydrogen (secondary N) is 1. The smallest absolute Gasteiger partial charge is 0.250 e. The first-order chi connectivity index (χ1) is 18.1. The van der Waals surface area contributed by atoms with Crippen LogP contribution in [0.3, 0.4) is 0 Å². The largest absolute Gasteiger partial charge is 0.314 e. The van der Waals surface area contributed by atoms with Gasteiger partial charge in [-0.15, -0.1) is 0 Å². The zero-order chi connectivity index (χ0) is 27.0. The summed E-state index contributed by atoms with van der Waals surface area (Å²) in [4.78, 5) is 35.1. The second-order valence-electron chi connectivity index (χ2n) is 11.5. The third-order valence-corrected chi connectivity index (χ3v) is 7.64. The molecule has 1 fully saturated rings. The van der Waals surface area contributed by atoms with E-state index in [2.05, 4.69) is 37.1 Å². The van der Waals surface area contributed by atoms with Crippen LogP contribution in [0, 0.1) is 12.7 Å². The molecule has 1 N–H and O–H groups in total. The van der Waals surface area contributed by atoms with E-state index in [0.29, 0.717) is 26.1 Å². The number of pyridine rings is 2. The van der Waals surface area contributed by atoms with Gasteiger partial charge in [0.25, 0.3) is 5.56 Å². The van der Waals surface area contributed by atoms with Crippen molar-refractivity contribution in [2.45, 2.75) is 58.2 Å². The predicted molar refractivity (Wildman–Crippen MR) is 147 cm³/mol. The van der Waals surface area contributed by atoms with E-state index in [9.17, 15) is 14.0 Å².